The smallest absolute Gasteiger partial charge is 0.419 e. The highest BCUT2D eigenvalue weighted by Gasteiger charge is 2.42. The molecule has 1 aromatic carbocycles. The molecule has 2 aromatic rings. The number of carbonyl (C=O) groups excluding carboxylic acids is 3. The molecule has 4 heterocycles. The molecule has 1 N–H and O–H groups in total. The first-order chi connectivity index (χ1) is 18.7. The molecule has 3 amide bonds. The average Bonchev–Trinajstić information content (AvgIpc) is 3.19. The molecule has 1 aliphatic carbocycles. The Morgan fingerprint density at radius 2 is 1.74 bits per heavy atom. The molecule has 0 bridgehead atoms. The third-order valence-electron chi connectivity index (χ3n) is 8.19. The fraction of sp³-hybridized carbons (Fsp3) is 0.519. The molecule has 0 spiro atoms. The lowest BCUT2D eigenvalue weighted by atomic mass is 9.86. The number of amides is 3. The third kappa shape index (κ3) is 4.97. The van der Waals surface area contributed by atoms with Gasteiger partial charge < -0.3 is 9.64 Å². The summed E-state index contributed by atoms with van der Waals surface area (Å²) in [5, 5.41) is 2.31. The SMILES string of the molecule is O=C1CCC(N2Cc3cc(O[C@H]4CCCCC4N4CC(c5ncc(C(F)(F)F)cn5)C4)ccc3C2=O)C(=O)N1. The molecule has 1 aromatic heterocycles. The molecule has 9 nitrogen and oxygen atoms in total. The molecule has 1 saturated carbocycles. The van der Waals surface area contributed by atoms with Crippen molar-refractivity contribution in [1.29, 1.82) is 0 Å². The predicted molar refractivity (Wildman–Crippen MR) is 131 cm³/mol. The van der Waals surface area contributed by atoms with Gasteiger partial charge in [0.2, 0.25) is 11.8 Å². The van der Waals surface area contributed by atoms with Gasteiger partial charge in [0, 0.05) is 56.0 Å². The van der Waals surface area contributed by atoms with Gasteiger partial charge in [-0.15, -0.1) is 0 Å². The molecule has 12 heteroatoms. The second-order valence-corrected chi connectivity index (χ2v) is 10.7. The lowest BCUT2D eigenvalue weighted by molar-refractivity contribution is -0.138. The number of ether oxygens (including phenoxy) is 1. The standard InChI is InChI=1S/C27H28F3N5O4/c28-27(29,30)17-10-31-24(32-11-17)16-12-34(13-16)20-3-1-2-4-22(20)39-18-5-6-19-15(9-18)14-35(26(19)38)21-7-8-23(36)33-25(21)37/h5-6,9-11,16,20-22H,1-4,7-8,12-14H2,(H,33,36,37)/t20?,21?,22-/m0/s1. The molecular weight excluding hydrogens is 515 g/mol. The number of nitrogens with one attached hydrogen (secondary N) is 1. The quantitative estimate of drug-likeness (QED) is 0.578. The maximum atomic E-state index is 13.0. The van der Waals surface area contributed by atoms with Crippen LogP contribution in [-0.4, -0.2) is 68.8 Å². The summed E-state index contributed by atoms with van der Waals surface area (Å²) in [5.74, 6) is 0.0861. The van der Waals surface area contributed by atoms with E-state index in [9.17, 15) is 27.6 Å². The predicted octanol–water partition coefficient (Wildman–Crippen LogP) is 3.05. The Labute approximate surface area is 222 Å². The van der Waals surface area contributed by atoms with Gasteiger partial charge in [-0.2, -0.15) is 13.2 Å². The number of aromatic nitrogens is 2. The Morgan fingerprint density at radius 3 is 2.46 bits per heavy atom. The molecule has 4 aliphatic rings. The van der Waals surface area contributed by atoms with Crippen molar-refractivity contribution in [3.63, 3.8) is 0 Å². The highest BCUT2D eigenvalue weighted by molar-refractivity contribution is 6.05. The van der Waals surface area contributed by atoms with Gasteiger partial charge >= 0.3 is 6.18 Å². The summed E-state index contributed by atoms with van der Waals surface area (Å²) in [6.45, 7) is 1.61. The lowest BCUT2D eigenvalue weighted by Crippen LogP contribution is -2.57. The Morgan fingerprint density at radius 1 is 1.00 bits per heavy atom. The first-order valence-corrected chi connectivity index (χ1v) is 13.2. The molecule has 6 rings (SSSR count). The molecule has 206 valence electrons. The second kappa shape index (κ2) is 9.89. The van der Waals surface area contributed by atoms with Crippen LogP contribution in [0.1, 0.15) is 71.8 Å². The average molecular weight is 544 g/mol. The number of nitrogens with zero attached hydrogens (tertiary/aromatic N) is 4. The number of likely N-dealkylation sites (tertiary alicyclic amines) is 1. The molecule has 2 unspecified atom stereocenters. The van der Waals surface area contributed by atoms with Crippen LogP contribution in [0.15, 0.2) is 30.6 Å². The van der Waals surface area contributed by atoms with Crippen molar-refractivity contribution in [2.45, 2.75) is 75.4 Å². The second-order valence-electron chi connectivity index (χ2n) is 10.7. The fourth-order valence-corrected chi connectivity index (χ4v) is 6.07. The summed E-state index contributed by atoms with van der Waals surface area (Å²) in [7, 11) is 0. The summed E-state index contributed by atoms with van der Waals surface area (Å²) in [6, 6.07) is 4.88. The number of piperidine rings is 1. The van der Waals surface area contributed by atoms with Crippen molar-refractivity contribution in [2.24, 2.45) is 0 Å². The van der Waals surface area contributed by atoms with Crippen molar-refractivity contribution in [3.05, 3.63) is 53.1 Å². The van der Waals surface area contributed by atoms with Gasteiger partial charge in [-0.3, -0.25) is 24.6 Å². The minimum atomic E-state index is -4.45. The van der Waals surface area contributed by atoms with E-state index in [-0.39, 0.29) is 42.8 Å². The minimum Gasteiger partial charge on any atom is -0.489 e. The van der Waals surface area contributed by atoms with Crippen molar-refractivity contribution in [2.75, 3.05) is 13.1 Å². The molecule has 0 radical (unpaired) electrons. The molecule has 3 atom stereocenters. The monoisotopic (exact) mass is 543 g/mol. The number of rotatable bonds is 5. The van der Waals surface area contributed by atoms with Gasteiger partial charge in [0.05, 0.1) is 5.56 Å². The maximum absolute atomic E-state index is 13.0. The lowest BCUT2D eigenvalue weighted by Gasteiger charge is -2.47. The number of hydrogen-bond acceptors (Lipinski definition) is 7. The normalized spacial score (nSPS) is 26.3. The topological polar surface area (TPSA) is 105 Å². The molecule has 3 fully saturated rings. The van der Waals surface area contributed by atoms with Gasteiger partial charge in [-0.25, -0.2) is 9.97 Å². The summed E-state index contributed by atoms with van der Waals surface area (Å²) >= 11 is 0. The van der Waals surface area contributed by atoms with Crippen LogP contribution in [0.5, 0.6) is 5.75 Å². The van der Waals surface area contributed by atoms with Gasteiger partial charge in [0.15, 0.2) is 0 Å². The number of benzene rings is 1. The van der Waals surface area contributed by atoms with E-state index in [1.807, 2.05) is 6.07 Å². The highest BCUT2D eigenvalue weighted by Crippen LogP contribution is 2.36. The Balaban J connectivity index is 1.09. The Hall–Kier alpha value is -3.54. The zero-order valence-electron chi connectivity index (χ0n) is 21.1. The number of carbonyl (C=O) groups is 3. The van der Waals surface area contributed by atoms with E-state index in [0.717, 1.165) is 43.6 Å². The van der Waals surface area contributed by atoms with E-state index < -0.39 is 23.7 Å². The summed E-state index contributed by atoms with van der Waals surface area (Å²) in [4.78, 5) is 48.5. The van der Waals surface area contributed by atoms with E-state index in [0.29, 0.717) is 36.6 Å². The maximum Gasteiger partial charge on any atom is 0.419 e. The van der Waals surface area contributed by atoms with Crippen molar-refractivity contribution in [3.8, 4) is 5.75 Å². The van der Waals surface area contributed by atoms with Gasteiger partial charge in [0.1, 0.15) is 23.7 Å². The first kappa shape index (κ1) is 25.7. The van der Waals surface area contributed by atoms with Gasteiger partial charge in [-0.05, 0) is 49.4 Å². The third-order valence-corrected chi connectivity index (χ3v) is 8.19. The van der Waals surface area contributed by atoms with E-state index >= 15 is 0 Å². The van der Waals surface area contributed by atoms with Crippen LogP contribution in [0.2, 0.25) is 0 Å². The van der Waals surface area contributed by atoms with Crippen LogP contribution >= 0.6 is 0 Å². The Bertz CT molecular complexity index is 1300. The van der Waals surface area contributed by atoms with Gasteiger partial charge in [-0.1, -0.05) is 6.42 Å². The zero-order valence-corrected chi connectivity index (χ0v) is 21.1. The van der Waals surface area contributed by atoms with Crippen LogP contribution in [0, 0.1) is 0 Å². The summed E-state index contributed by atoms with van der Waals surface area (Å²) in [5.41, 5.74) is 0.479. The number of fused-ring (bicyclic) bond motifs is 1. The van der Waals surface area contributed by atoms with Crippen LogP contribution in [0.25, 0.3) is 0 Å². The largest absolute Gasteiger partial charge is 0.489 e. The number of alkyl halides is 3. The van der Waals surface area contributed by atoms with Crippen LogP contribution < -0.4 is 10.1 Å². The molecule has 2 saturated heterocycles. The van der Waals surface area contributed by atoms with Crippen LogP contribution in [0.4, 0.5) is 13.2 Å². The summed E-state index contributed by atoms with van der Waals surface area (Å²) in [6.07, 6.45) is 1.63. The molecular formula is C27H28F3N5O4. The molecule has 39 heavy (non-hydrogen) atoms. The Kier molecular flexibility index (Phi) is 6.52. The first-order valence-electron chi connectivity index (χ1n) is 13.2. The zero-order chi connectivity index (χ0) is 27.3. The number of imide groups is 1. The van der Waals surface area contributed by atoms with E-state index in [1.54, 1.807) is 12.1 Å². The number of halogens is 3. The summed E-state index contributed by atoms with van der Waals surface area (Å²) < 4.78 is 44.9. The minimum absolute atomic E-state index is 0.0147. The highest BCUT2D eigenvalue weighted by atomic mass is 19.4. The molecule has 3 aliphatic heterocycles. The van der Waals surface area contributed by atoms with Crippen LogP contribution in [0.3, 0.4) is 0 Å². The van der Waals surface area contributed by atoms with Crippen molar-refractivity contribution >= 4 is 17.7 Å². The van der Waals surface area contributed by atoms with E-state index in [4.69, 9.17) is 4.74 Å². The van der Waals surface area contributed by atoms with E-state index in [1.165, 1.54) is 4.90 Å². The van der Waals surface area contributed by atoms with E-state index in [2.05, 4.69) is 20.2 Å². The van der Waals surface area contributed by atoms with Crippen molar-refractivity contribution < 1.29 is 32.3 Å². The fourth-order valence-electron chi connectivity index (χ4n) is 6.07. The van der Waals surface area contributed by atoms with Crippen LogP contribution in [-0.2, 0) is 22.3 Å². The van der Waals surface area contributed by atoms with Crippen molar-refractivity contribution in [1.82, 2.24) is 25.1 Å². The van der Waals surface area contributed by atoms with Gasteiger partial charge in [0.25, 0.3) is 5.91 Å². The number of hydrogen-bond donors (Lipinski definition) is 1.